The number of carbonyl (C=O) groups excluding carboxylic acids is 2. The molecule has 2 amide bonds. The summed E-state index contributed by atoms with van der Waals surface area (Å²) in [7, 11) is 0. The molecule has 0 aromatic carbocycles. The Kier molecular flexibility index (Phi) is 4.46. The lowest BCUT2D eigenvalue weighted by Crippen LogP contribution is -2.50. The highest BCUT2D eigenvalue weighted by Crippen LogP contribution is 2.36. The maximum absolute atomic E-state index is 12.6. The molecule has 0 bridgehead atoms. The van der Waals surface area contributed by atoms with Crippen LogP contribution in [0.3, 0.4) is 0 Å². The van der Waals surface area contributed by atoms with Gasteiger partial charge >= 0.3 is 0 Å². The second kappa shape index (κ2) is 6.75. The average molecular weight is 342 g/mol. The molecule has 1 saturated carbocycles. The van der Waals surface area contributed by atoms with Gasteiger partial charge < -0.3 is 10.2 Å². The topological polar surface area (TPSA) is 65.5 Å². The second-order valence-corrected chi connectivity index (χ2v) is 7.74. The van der Waals surface area contributed by atoms with Crippen molar-refractivity contribution in [3.8, 4) is 0 Å². The van der Waals surface area contributed by atoms with Crippen molar-refractivity contribution in [3.63, 3.8) is 0 Å². The third-order valence-corrected chi connectivity index (χ3v) is 5.78. The van der Waals surface area contributed by atoms with Gasteiger partial charge in [0.25, 0.3) is 0 Å². The lowest BCUT2D eigenvalue weighted by atomic mass is 10.0. The van der Waals surface area contributed by atoms with Crippen LogP contribution >= 0.6 is 0 Å². The molecule has 1 aliphatic carbocycles. The maximum Gasteiger partial charge on any atom is 0.242 e. The van der Waals surface area contributed by atoms with Gasteiger partial charge in [-0.05, 0) is 48.8 Å². The molecular weight excluding hydrogens is 316 g/mol. The largest absolute Gasteiger partial charge is 0.354 e. The summed E-state index contributed by atoms with van der Waals surface area (Å²) >= 11 is 0. The van der Waals surface area contributed by atoms with E-state index >= 15 is 0 Å². The number of rotatable bonds is 5. The van der Waals surface area contributed by atoms with Crippen LogP contribution in [-0.4, -0.2) is 58.3 Å². The molecule has 3 aliphatic rings. The summed E-state index contributed by atoms with van der Waals surface area (Å²) in [6.07, 6.45) is 6.85. The van der Waals surface area contributed by atoms with Crippen molar-refractivity contribution >= 4 is 11.8 Å². The molecule has 0 spiro atoms. The molecule has 6 nitrogen and oxygen atoms in total. The lowest BCUT2D eigenvalue weighted by molar-refractivity contribution is -0.138. The van der Waals surface area contributed by atoms with E-state index < -0.39 is 0 Å². The Hall–Kier alpha value is -1.95. The van der Waals surface area contributed by atoms with E-state index in [-0.39, 0.29) is 23.9 Å². The van der Waals surface area contributed by atoms with Gasteiger partial charge in [-0.15, -0.1) is 0 Å². The van der Waals surface area contributed by atoms with Gasteiger partial charge in [0, 0.05) is 51.5 Å². The Bertz CT molecular complexity index is 646. The molecule has 1 aromatic rings. The van der Waals surface area contributed by atoms with E-state index in [1.54, 1.807) is 6.92 Å². The minimum Gasteiger partial charge on any atom is -0.354 e. The monoisotopic (exact) mass is 342 g/mol. The summed E-state index contributed by atoms with van der Waals surface area (Å²) in [5.41, 5.74) is 1.24. The standard InChI is InChI=1S/C19H26N4O2/c1-13(24)23-17(19(25)21-9-14-2-3-14)8-16-11-22(12-18(16)23)10-15-4-6-20-7-5-15/h4-7,14,16-18H,2-3,8-12H2,1H3,(H,21,25)/t16-,17-,18+/m1/s1. The third-order valence-electron chi connectivity index (χ3n) is 5.78. The zero-order chi connectivity index (χ0) is 17.4. The van der Waals surface area contributed by atoms with Crippen LogP contribution in [-0.2, 0) is 16.1 Å². The summed E-state index contributed by atoms with van der Waals surface area (Å²) in [6.45, 7) is 5.03. The first-order valence-corrected chi connectivity index (χ1v) is 9.29. The van der Waals surface area contributed by atoms with Gasteiger partial charge in [0.1, 0.15) is 6.04 Å². The van der Waals surface area contributed by atoms with Crippen molar-refractivity contribution < 1.29 is 9.59 Å². The summed E-state index contributed by atoms with van der Waals surface area (Å²) in [4.78, 5) is 33.1. The Labute approximate surface area is 148 Å². The molecule has 3 atom stereocenters. The number of nitrogens with zero attached hydrogens (tertiary/aromatic N) is 3. The molecule has 0 unspecified atom stereocenters. The van der Waals surface area contributed by atoms with Crippen molar-refractivity contribution in [2.45, 2.75) is 44.8 Å². The van der Waals surface area contributed by atoms with Gasteiger partial charge in [0.05, 0.1) is 0 Å². The maximum atomic E-state index is 12.6. The van der Waals surface area contributed by atoms with Gasteiger partial charge in [-0.2, -0.15) is 0 Å². The van der Waals surface area contributed by atoms with Gasteiger partial charge in [-0.3, -0.25) is 19.5 Å². The molecule has 4 rings (SSSR count). The van der Waals surface area contributed by atoms with E-state index in [2.05, 4.69) is 15.2 Å². The normalized spacial score (nSPS) is 28.8. The molecule has 1 aromatic heterocycles. The lowest BCUT2D eigenvalue weighted by Gasteiger charge is -2.29. The molecule has 25 heavy (non-hydrogen) atoms. The van der Waals surface area contributed by atoms with E-state index in [1.807, 2.05) is 29.4 Å². The highest BCUT2D eigenvalue weighted by Gasteiger charge is 2.49. The second-order valence-electron chi connectivity index (χ2n) is 7.74. The van der Waals surface area contributed by atoms with E-state index in [4.69, 9.17) is 0 Å². The van der Waals surface area contributed by atoms with Crippen LogP contribution in [0.1, 0.15) is 31.7 Å². The highest BCUT2D eigenvalue weighted by atomic mass is 16.2. The zero-order valence-corrected chi connectivity index (χ0v) is 14.7. The predicted octanol–water partition coefficient (Wildman–Crippen LogP) is 1.03. The molecule has 3 heterocycles. The average Bonchev–Trinajstić information content (AvgIpc) is 3.24. The Morgan fingerprint density at radius 1 is 1.24 bits per heavy atom. The number of hydrogen-bond donors (Lipinski definition) is 1. The molecule has 2 saturated heterocycles. The fourth-order valence-electron chi connectivity index (χ4n) is 4.37. The first-order chi connectivity index (χ1) is 12.1. The number of likely N-dealkylation sites (tertiary alicyclic amines) is 2. The van der Waals surface area contributed by atoms with Crippen LogP contribution in [0.4, 0.5) is 0 Å². The van der Waals surface area contributed by atoms with Crippen LogP contribution in [0, 0.1) is 11.8 Å². The van der Waals surface area contributed by atoms with Crippen LogP contribution in [0.15, 0.2) is 24.5 Å². The quantitative estimate of drug-likeness (QED) is 0.868. The Morgan fingerprint density at radius 2 is 2.00 bits per heavy atom. The van der Waals surface area contributed by atoms with E-state index in [0.717, 1.165) is 32.6 Å². The Morgan fingerprint density at radius 3 is 2.68 bits per heavy atom. The minimum atomic E-state index is -0.283. The predicted molar refractivity (Wildman–Crippen MR) is 93.5 cm³/mol. The minimum absolute atomic E-state index is 0.0184. The van der Waals surface area contributed by atoms with Crippen molar-refractivity contribution in [3.05, 3.63) is 30.1 Å². The van der Waals surface area contributed by atoms with Crippen LogP contribution in [0.2, 0.25) is 0 Å². The molecule has 0 radical (unpaired) electrons. The van der Waals surface area contributed by atoms with Crippen LogP contribution < -0.4 is 5.32 Å². The number of carbonyl (C=O) groups is 2. The van der Waals surface area contributed by atoms with Gasteiger partial charge in [0.2, 0.25) is 11.8 Å². The number of pyridine rings is 1. The molecule has 134 valence electrons. The summed E-state index contributed by atoms with van der Waals surface area (Å²) in [6, 6.07) is 3.95. The summed E-state index contributed by atoms with van der Waals surface area (Å²) < 4.78 is 0. The molecular formula is C19H26N4O2. The SMILES string of the molecule is CC(=O)N1[C@@H](C(=O)NCC2CC2)C[C@@H]2CN(Cc3ccncc3)C[C@@H]21. The molecule has 3 fully saturated rings. The van der Waals surface area contributed by atoms with Crippen molar-refractivity contribution in [2.24, 2.45) is 11.8 Å². The van der Waals surface area contributed by atoms with Gasteiger partial charge in [-0.25, -0.2) is 0 Å². The first-order valence-electron chi connectivity index (χ1n) is 9.29. The number of aromatic nitrogens is 1. The number of hydrogen-bond acceptors (Lipinski definition) is 4. The zero-order valence-electron chi connectivity index (χ0n) is 14.7. The number of amides is 2. The fourth-order valence-corrected chi connectivity index (χ4v) is 4.37. The fraction of sp³-hybridized carbons (Fsp3) is 0.632. The smallest absolute Gasteiger partial charge is 0.242 e. The van der Waals surface area contributed by atoms with Crippen molar-refractivity contribution in [2.75, 3.05) is 19.6 Å². The van der Waals surface area contributed by atoms with E-state index in [9.17, 15) is 9.59 Å². The Balaban J connectivity index is 1.39. The van der Waals surface area contributed by atoms with Gasteiger partial charge in [-0.1, -0.05) is 0 Å². The van der Waals surface area contributed by atoms with Gasteiger partial charge in [0.15, 0.2) is 0 Å². The van der Waals surface area contributed by atoms with Crippen molar-refractivity contribution in [1.29, 1.82) is 0 Å². The number of nitrogens with one attached hydrogen (secondary N) is 1. The molecule has 6 heteroatoms. The van der Waals surface area contributed by atoms with Crippen LogP contribution in [0.25, 0.3) is 0 Å². The molecule has 1 N–H and O–H groups in total. The van der Waals surface area contributed by atoms with Crippen LogP contribution in [0.5, 0.6) is 0 Å². The van der Waals surface area contributed by atoms with E-state index in [1.165, 1.54) is 18.4 Å². The van der Waals surface area contributed by atoms with Crippen molar-refractivity contribution in [1.82, 2.24) is 20.1 Å². The molecule has 2 aliphatic heterocycles. The number of fused-ring (bicyclic) bond motifs is 1. The third kappa shape index (κ3) is 3.54. The summed E-state index contributed by atoms with van der Waals surface area (Å²) in [5.74, 6) is 1.11. The highest BCUT2D eigenvalue weighted by molar-refractivity contribution is 5.88. The van der Waals surface area contributed by atoms with E-state index in [0.29, 0.717) is 11.8 Å². The first kappa shape index (κ1) is 16.5. The summed E-state index contributed by atoms with van der Waals surface area (Å²) in [5, 5.41) is 3.06.